The molecule has 2 aromatic heterocycles. The summed E-state index contributed by atoms with van der Waals surface area (Å²) in [5.74, 6) is 0. The van der Waals surface area contributed by atoms with Crippen molar-refractivity contribution in [1.29, 1.82) is 0 Å². The van der Waals surface area contributed by atoms with Crippen LogP contribution in [0.4, 0.5) is 5.69 Å². The molecule has 1 aromatic carbocycles. The first-order valence-electron chi connectivity index (χ1n) is 6.76. The monoisotopic (exact) mass is 266 g/mol. The zero-order valence-electron chi connectivity index (χ0n) is 12.0. The molecular formula is C16H18N4. The molecule has 0 amide bonds. The molecule has 0 saturated heterocycles. The Bertz CT molecular complexity index is 771. The van der Waals surface area contributed by atoms with Crippen LogP contribution in [0.1, 0.15) is 25.6 Å². The molecule has 0 unspecified atom stereocenters. The standard InChI is InChI=1S/C16H18N4/c1-10(2)20-8-14(12-5-4-6-13(17)7-12)15-11(3)18-9-19-16(15)20/h4-10H,17H2,1-3H3. The molecule has 2 N–H and O–H groups in total. The predicted molar refractivity (Wildman–Crippen MR) is 82.5 cm³/mol. The summed E-state index contributed by atoms with van der Waals surface area (Å²) in [5.41, 5.74) is 10.9. The van der Waals surface area contributed by atoms with E-state index in [0.717, 1.165) is 33.5 Å². The van der Waals surface area contributed by atoms with Crippen LogP contribution in [0.3, 0.4) is 0 Å². The minimum absolute atomic E-state index is 0.349. The van der Waals surface area contributed by atoms with E-state index in [2.05, 4.69) is 40.6 Å². The Labute approximate surface area is 118 Å². The summed E-state index contributed by atoms with van der Waals surface area (Å²) in [4.78, 5) is 8.79. The van der Waals surface area contributed by atoms with Gasteiger partial charge in [-0.15, -0.1) is 0 Å². The molecule has 0 bridgehead atoms. The van der Waals surface area contributed by atoms with Gasteiger partial charge in [-0.1, -0.05) is 12.1 Å². The number of nitrogens with two attached hydrogens (primary N) is 1. The molecule has 0 fully saturated rings. The highest BCUT2D eigenvalue weighted by Gasteiger charge is 2.15. The molecule has 0 atom stereocenters. The number of aryl methyl sites for hydroxylation is 1. The van der Waals surface area contributed by atoms with E-state index >= 15 is 0 Å². The third kappa shape index (κ3) is 1.93. The quantitative estimate of drug-likeness (QED) is 0.721. The molecule has 4 nitrogen and oxygen atoms in total. The van der Waals surface area contributed by atoms with E-state index < -0.39 is 0 Å². The summed E-state index contributed by atoms with van der Waals surface area (Å²) in [6, 6.07) is 8.28. The lowest BCUT2D eigenvalue weighted by Gasteiger charge is -2.07. The maximum Gasteiger partial charge on any atom is 0.144 e. The first-order valence-corrected chi connectivity index (χ1v) is 6.76. The number of benzene rings is 1. The number of hydrogen-bond acceptors (Lipinski definition) is 3. The normalized spacial score (nSPS) is 11.4. The van der Waals surface area contributed by atoms with Gasteiger partial charge in [0.2, 0.25) is 0 Å². The third-order valence-corrected chi connectivity index (χ3v) is 3.55. The Balaban J connectivity index is 2.36. The fourth-order valence-corrected chi connectivity index (χ4v) is 2.56. The highest BCUT2D eigenvalue weighted by molar-refractivity contribution is 5.96. The van der Waals surface area contributed by atoms with Gasteiger partial charge in [0, 0.05) is 28.9 Å². The van der Waals surface area contributed by atoms with Crippen molar-refractivity contribution in [1.82, 2.24) is 14.5 Å². The second kappa shape index (κ2) is 4.63. The molecule has 20 heavy (non-hydrogen) atoms. The minimum Gasteiger partial charge on any atom is -0.399 e. The molecule has 3 aromatic rings. The number of nitrogen functional groups attached to an aromatic ring is 1. The minimum atomic E-state index is 0.349. The molecule has 0 radical (unpaired) electrons. The zero-order valence-corrected chi connectivity index (χ0v) is 12.0. The van der Waals surface area contributed by atoms with Gasteiger partial charge in [-0.05, 0) is 38.5 Å². The van der Waals surface area contributed by atoms with E-state index in [4.69, 9.17) is 5.73 Å². The lowest BCUT2D eigenvalue weighted by atomic mass is 10.0. The fraction of sp³-hybridized carbons (Fsp3) is 0.250. The van der Waals surface area contributed by atoms with Gasteiger partial charge in [-0.2, -0.15) is 0 Å². The van der Waals surface area contributed by atoms with Crippen LogP contribution in [0.5, 0.6) is 0 Å². The first kappa shape index (κ1) is 12.7. The number of nitrogens with zero attached hydrogens (tertiary/aromatic N) is 3. The maximum atomic E-state index is 5.91. The number of anilines is 1. The molecular weight excluding hydrogens is 248 g/mol. The SMILES string of the molecule is Cc1ncnc2c1c(-c1cccc(N)c1)cn2C(C)C. The van der Waals surface area contributed by atoms with Crippen molar-refractivity contribution >= 4 is 16.7 Å². The highest BCUT2D eigenvalue weighted by atomic mass is 15.1. The number of fused-ring (bicyclic) bond motifs is 1. The second-order valence-corrected chi connectivity index (χ2v) is 5.33. The second-order valence-electron chi connectivity index (χ2n) is 5.33. The van der Waals surface area contributed by atoms with Crippen LogP contribution >= 0.6 is 0 Å². The number of rotatable bonds is 2. The fourth-order valence-electron chi connectivity index (χ4n) is 2.56. The van der Waals surface area contributed by atoms with Gasteiger partial charge >= 0.3 is 0 Å². The smallest absolute Gasteiger partial charge is 0.144 e. The van der Waals surface area contributed by atoms with Crippen molar-refractivity contribution in [2.75, 3.05) is 5.73 Å². The molecule has 0 spiro atoms. The molecule has 2 heterocycles. The van der Waals surface area contributed by atoms with Crippen molar-refractivity contribution in [2.24, 2.45) is 0 Å². The largest absolute Gasteiger partial charge is 0.399 e. The summed E-state index contributed by atoms with van der Waals surface area (Å²) in [5, 5.41) is 1.10. The van der Waals surface area contributed by atoms with E-state index in [1.165, 1.54) is 0 Å². The van der Waals surface area contributed by atoms with Crippen molar-refractivity contribution in [3.05, 3.63) is 42.5 Å². The maximum absolute atomic E-state index is 5.91. The van der Waals surface area contributed by atoms with Crippen LogP contribution < -0.4 is 5.73 Å². The average molecular weight is 266 g/mol. The van der Waals surface area contributed by atoms with Crippen LogP contribution in [0.15, 0.2) is 36.8 Å². The van der Waals surface area contributed by atoms with E-state index in [9.17, 15) is 0 Å². The Hall–Kier alpha value is -2.36. The average Bonchev–Trinajstić information content (AvgIpc) is 2.80. The highest BCUT2D eigenvalue weighted by Crippen LogP contribution is 2.33. The number of hydrogen-bond donors (Lipinski definition) is 1. The van der Waals surface area contributed by atoms with E-state index in [1.807, 2.05) is 25.1 Å². The van der Waals surface area contributed by atoms with Crippen molar-refractivity contribution in [3.8, 4) is 11.1 Å². The Kier molecular flexibility index (Phi) is 2.93. The van der Waals surface area contributed by atoms with Gasteiger partial charge in [0.05, 0.1) is 5.69 Å². The van der Waals surface area contributed by atoms with E-state index in [1.54, 1.807) is 6.33 Å². The Morgan fingerprint density at radius 1 is 1.20 bits per heavy atom. The van der Waals surface area contributed by atoms with Crippen molar-refractivity contribution in [2.45, 2.75) is 26.8 Å². The molecule has 0 saturated carbocycles. The van der Waals surface area contributed by atoms with E-state index in [0.29, 0.717) is 6.04 Å². The van der Waals surface area contributed by atoms with Gasteiger partial charge in [0.15, 0.2) is 0 Å². The van der Waals surface area contributed by atoms with Crippen LogP contribution in [0.2, 0.25) is 0 Å². The van der Waals surface area contributed by atoms with Gasteiger partial charge in [-0.3, -0.25) is 0 Å². The summed E-state index contributed by atoms with van der Waals surface area (Å²) >= 11 is 0. The van der Waals surface area contributed by atoms with Crippen LogP contribution in [-0.4, -0.2) is 14.5 Å². The Morgan fingerprint density at radius 3 is 2.70 bits per heavy atom. The van der Waals surface area contributed by atoms with E-state index in [-0.39, 0.29) is 0 Å². The summed E-state index contributed by atoms with van der Waals surface area (Å²) in [6.07, 6.45) is 3.77. The lowest BCUT2D eigenvalue weighted by Crippen LogP contribution is -2.00. The van der Waals surface area contributed by atoms with Crippen LogP contribution in [0.25, 0.3) is 22.2 Å². The molecule has 0 aliphatic heterocycles. The Morgan fingerprint density at radius 2 is 2.00 bits per heavy atom. The van der Waals surface area contributed by atoms with Gasteiger partial charge in [-0.25, -0.2) is 9.97 Å². The first-order chi connectivity index (χ1) is 9.58. The summed E-state index contributed by atoms with van der Waals surface area (Å²) in [6.45, 7) is 6.32. The number of aromatic nitrogens is 3. The van der Waals surface area contributed by atoms with Gasteiger partial charge in [0.25, 0.3) is 0 Å². The predicted octanol–water partition coefficient (Wildman–Crippen LogP) is 3.57. The van der Waals surface area contributed by atoms with Crippen LogP contribution in [-0.2, 0) is 0 Å². The zero-order chi connectivity index (χ0) is 14.3. The molecule has 102 valence electrons. The van der Waals surface area contributed by atoms with Gasteiger partial charge in [0.1, 0.15) is 12.0 Å². The lowest BCUT2D eigenvalue weighted by molar-refractivity contribution is 0.618. The molecule has 4 heteroatoms. The van der Waals surface area contributed by atoms with Crippen molar-refractivity contribution < 1.29 is 0 Å². The molecule has 0 aliphatic rings. The summed E-state index contributed by atoms with van der Waals surface area (Å²) < 4.78 is 2.18. The molecule has 0 aliphatic carbocycles. The topological polar surface area (TPSA) is 56.7 Å². The summed E-state index contributed by atoms with van der Waals surface area (Å²) in [7, 11) is 0. The molecule has 3 rings (SSSR count). The van der Waals surface area contributed by atoms with Crippen LogP contribution in [0, 0.1) is 6.92 Å². The third-order valence-electron chi connectivity index (χ3n) is 3.55. The van der Waals surface area contributed by atoms with Crippen molar-refractivity contribution in [3.63, 3.8) is 0 Å². The van der Waals surface area contributed by atoms with Gasteiger partial charge < -0.3 is 10.3 Å².